The first kappa shape index (κ1) is 21.5. The van der Waals surface area contributed by atoms with Crippen molar-refractivity contribution in [2.45, 2.75) is 36.8 Å². The molecule has 3 rings (SSSR count). The van der Waals surface area contributed by atoms with Crippen LogP contribution in [-0.2, 0) is 23.5 Å². The summed E-state index contributed by atoms with van der Waals surface area (Å²) in [5.41, 5.74) is 0.410. The van der Waals surface area contributed by atoms with Crippen molar-refractivity contribution in [1.29, 1.82) is 5.26 Å². The Hall–Kier alpha value is -3.18. The molecule has 0 fully saturated rings. The third-order valence-corrected chi connectivity index (χ3v) is 6.33. The first-order valence-corrected chi connectivity index (χ1v) is 10.5. The number of benzene rings is 1. The lowest BCUT2D eigenvalue weighted by Gasteiger charge is -2.17. The standard InChI is InChI=1S/C20H19FN4O4S/c1-3-4-17(26)16-8-6-14-18(30(28,29)24-16)11-25(2)19(14)20(27)23-13-5-7-15(21)12(9-13)10-22/h5,7,9,11,16-17,24,26H,6,8H2,1-2H3,(H,23,27)/t16-,17+/m0/s1. The second-order valence-electron chi connectivity index (χ2n) is 6.80. The van der Waals surface area contributed by atoms with Crippen LogP contribution in [0.3, 0.4) is 0 Å². The van der Waals surface area contributed by atoms with Crippen molar-refractivity contribution in [2.75, 3.05) is 5.32 Å². The van der Waals surface area contributed by atoms with Crippen molar-refractivity contribution in [2.24, 2.45) is 7.05 Å². The molecule has 0 spiro atoms. The molecule has 1 aromatic carbocycles. The molecule has 156 valence electrons. The van der Waals surface area contributed by atoms with E-state index < -0.39 is 33.9 Å². The summed E-state index contributed by atoms with van der Waals surface area (Å²) in [7, 11) is -2.45. The Bertz CT molecular complexity index is 1220. The fourth-order valence-corrected chi connectivity index (χ4v) is 4.98. The molecule has 2 heterocycles. The fraction of sp³-hybridized carbons (Fsp3) is 0.300. The van der Waals surface area contributed by atoms with Crippen LogP contribution in [0.1, 0.15) is 35.0 Å². The summed E-state index contributed by atoms with van der Waals surface area (Å²) in [5, 5.41) is 21.6. The number of halogens is 1. The number of carbonyl (C=O) groups is 1. The smallest absolute Gasteiger partial charge is 0.272 e. The molecule has 1 aliphatic heterocycles. The SMILES string of the molecule is CC#C[C@@H](O)[C@@H]1CCc2c(cn(C)c2C(=O)Nc2ccc(F)c(C#N)c2)S(=O)(=O)N1. The molecule has 0 unspecified atom stereocenters. The van der Waals surface area contributed by atoms with Gasteiger partial charge in [0.25, 0.3) is 5.91 Å². The Labute approximate surface area is 173 Å². The van der Waals surface area contributed by atoms with E-state index in [0.717, 1.165) is 6.07 Å². The van der Waals surface area contributed by atoms with Gasteiger partial charge in [-0.3, -0.25) is 4.79 Å². The number of aliphatic hydroxyl groups is 1. The number of aliphatic hydroxyl groups excluding tert-OH is 1. The van der Waals surface area contributed by atoms with Crippen molar-refractivity contribution < 1.29 is 22.7 Å². The minimum Gasteiger partial charge on any atom is -0.379 e. The number of hydrogen-bond donors (Lipinski definition) is 3. The molecular formula is C20H19FN4O4S. The first-order chi connectivity index (χ1) is 14.2. The van der Waals surface area contributed by atoms with Gasteiger partial charge in [-0.05, 0) is 38.0 Å². The molecular weight excluding hydrogens is 411 g/mol. The number of nitriles is 1. The molecule has 0 saturated carbocycles. The van der Waals surface area contributed by atoms with Crippen LogP contribution in [0, 0.1) is 29.0 Å². The van der Waals surface area contributed by atoms with Crippen LogP contribution in [0.5, 0.6) is 0 Å². The van der Waals surface area contributed by atoms with Crippen LogP contribution >= 0.6 is 0 Å². The van der Waals surface area contributed by atoms with E-state index in [1.807, 2.05) is 0 Å². The van der Waals surface area contributed by atoms with Gasteiger partial charge in [-0.25, -0.2) is 17.5 Å². The summed E-state index contributed by atoms with van der Waals surface area (Å²) in [6.07, 6.45) is 0.605. The van der Waals surface area contributed by atoms with Gasteiger partial charge in [0.1, 0.15) is 28.6 Å². The topological polar surface area (TPSA) is 124 Å². The lowest BCUT2D eigenvalue weighted by atomic mass is 10.0. The van der Waals surface area contributed by atoms with Crippen LogP contribution in [0.25, 0.3) is 0 Å². The van der Waals surface area contributed by atoms with Crippen LogP contribution < -0.4 is 10.0 Å². The number of anilines is 1. The van der Waals surface area contributed by atoms with E-state index >= 15 is 0 Å². The molecule has 1 amide bonds. The predicted molar refractivity (Wildman–Crippen MR) is 106 cm³/mol. The average Bonchev–Trinajstić information content (AvgIpc) is 2.97. The molecule has 2 aromatic rings. The molecule has 0 radical (unpaired) electrons. The summed E-state index contributed by atoms with van der Waals surface area (Å²) < 4.78 is 42.9. The number of hydrogen-bond acceptors (Lipinski definition) is 5. The Morgan fingerprint density at radius 2 is 2.20 bits per heavy atom. The van der Waals surface area contributed by atoms with Crippen molar-refractivity contribution in [3.63, 3.8) is 0 Å². The third kappa shape index (κ3) is 4.07. The van der Waals surface area contributed by atoms with Gasteiger partial charge in [-0.2, -0.15) is 5.26 Å². The number of sulfonamides is 1. The largest absolute Gasteiger partial charge is 0.379 e. The van der Waals surface area contributed by atoms with Gasteiger partial charge >= 0.3 is 0 Å². The molecule has 0 saturated heterocycles. The maximum atomic E-state index is 13.5. The molecule has 0 bridgehead atoms. The highest BCUT2D eigenvalue weighted by molar-refractivity contribution is 7.89. The van der Waals surface area contributed by atoms with Gasteiger partial charge in [-0.1, -0.05) is 5.92 Å². The van der Waals surface area contributed by atoms with Crippen LogP contribution in [0.15, 0.2) is 29.3 Å². The molecule has 8 nitrogen and oxygen atoms in total. The Morgan fingerprint density at radius 1 is 1.47 bits per heavy atom. The number of amides is 1. The first-order valence-electron chi connectivity index (χ1n) is 8.99. The van der Waals surface area contributed by atoms with E-state index in [-0.39, 0.29) is 34.7 Å². The lowest BCUT2D eigenvalue weighted by Crippen LogP contribution is -2.41. The summed E-state index contributed by atoms with van der Waals surface area (Å²) in [5.74, 6) is 3.78. The van der Waals surface area contributed by atoms with Gasteiger partial charge < -0.3 is 15.0 Å². The molecule has 0 aliphatic carbocycles. The molecule has 10 heteroatoms. The summed E-state index contributed by atoms with van der Waals surface area (Å²) in [6, 6.07) is 4.45. The number of aromatic nitrogens is 1. The average molecular weight is 430 g/mol. The van der Waals surface area contributed by atoms with Crippen molar-refractivity contribution in [3.8, 4) is 17.9 Å². The Morgan fingerprint density at radius 3 is 2.87 bits per heavy atom. The molecule has 2 atom stereocenters. The highest BCUT2D eigenvalue weighted by Gasteiger charge is 2.34. The minimum atomic E-state index is -3.99. The fourth-order valence-electron chi connectivity index (χ4n) is 3.39. The number of fused-ring (bicyclic) bond motifs is 1. The van der Waals surface area contributed by atoms with E-state index in [2.05, 4.69) is 21.9 Å². The lowest BCUT2D eigenvalue weighted by molar-refractivity contribution is 0.101. The zero-order valence-corrected chi connectivity index (χ0v) is 17.0. The van der Waals surface area contributed by atoms with E-state index in [0.29, 0.717) is 5.56 Å². The summed E-state index contributed by atoms with van der Waals surface area (Å²) in [6.45, 7) is 1.54. The van der Waals surface area contributed by atoms with E-state index in [1.54, 1.807) is 20.0 Å². The van der Waals surface area contributed by atoms with E-state index in [9.17, 15) is 22.7 Å². The maximum absolute atomic E-state index is 13.5. The minimum absolute atomic E-state index is 0.0499. The zero-order chi connectivity index (χ0) is 22.1. The van der Waals surface area contributed by atoms with Crippen LogP contribution in [-0.4, -0.2) is 36.1 Å². The van der Waals surface area contributed by atoms with E-state index in [4.69, 9.17) is 5.26 Å². The maximum Gasteiger partial charge on any atom is 0.272 e. The van der Waals surface area contributed by atoms with Gasteiger partial charge in [0.05, 0.1) is 11.6 Å². The second kappa shape index (κ2) is 8.28. The highest BCUT2D eigenvalue weighted by atomic mass is 32.2. The highest BCUT2D eigenvalue weighted by Crippen LogP contribution is 2.28. The van der Waals surface area contributed by atoms with Gasteiger partial charge in [0.15, 0.2) is 0 Å². The summed E-state index contributed by atoms with van der Waals surface area (Å²) in [4.78, 5) is 12.8. The number of nitrogens with zero attached hydrogens (tertiary/aromatic N) is 2. The van der Waals surface area contributed by atoms with Gasteiger partial charge in [0.2, 0.25) is 10.0 Å². The molecule has 30 heavy (non-hydrogen) atoms. The van der Waals surface area contributed by atoms with Gasteiger partial charge in [0, 0.05) is 24.5 Å². The quantitative estimate of drug-likeness (QED) is 0.633. The van der Waals surface area contributed by atoms with Crippen LogP contribution in [0.4, 0.5) is 10.1 Å². The Balaban J connectivity index is 1.96. The van der Waals surface area contributed by atoms with Gasteiger partial charge in [-0.15, -0.1) is 5.92 Å². The monoisotopic (exact) mass is 430 g/mol. The van der Waals surface area contributed by atoms with Crippen molar-refractivity contribution in [3.05, 3.63) is 47.0 Å². The Kier molecular flexibility index (Phi) is 5.94. The number of carbonyl (C=O) groups excluding carboxylic acids is 1. The number of nitrogens with one attached hydrogen (secondary N) is 2. The van der Waals surface area contributed by atoms with E-state index in [1.165, 1.54) is 22.9 Å². The van der Waals surface area contributed by atoms with Crippen LogP contribution in [0.2, 0.25) is 0 Å². The van der Waals surface area contributed by atoms with Crippen molar-refractivity contribution >= 4 is 21.6 Å². The predicted octanol–water partition coefficient (Wildman–Crippen LogP) is 1.27. The number of aryl methyl sites for hydroxylation is 1. The van der Waals surface area contributed by atoms with Crippen molar-refractivity contribution in [1.82, 2.24) is 9.29 Å². The molecule has 1 aromatic heterocycles. The third-order valence-electron chi connectivity index (χ3n) is 4.78. The summed E-state index contributed by atoms with van der Waals surface area (Å²) >= 11 is 0. The second-order valence-corrected chi connectivity index (χ2v) is 8.48. The number of rotatable bonds is 3. The normalized spacial score (nSPS) is 18.2. The molecule has 1 aliphatic rings. The molecule has 3 N–H and O–H groups in total. The zero-order valence-electron chi connectivity index (χ0n) is 16.2.